The van der Waals surface area contributed by atoms with Gasteiger partial charge in [-0.2, -0.15) is 0 Å². The highest BCUT2D eigenvalue weighted by Crippen LogP contribution is 2.39. The summed E-state index contributed by atoms with van der Waals surface area (Å²) in [7, 11) is 3.15. The number of benzene rings is 3. The quantitative estimate of drug-likeness (QED) is 0.414. The first-order chi connectivity index (χ1) is 16.0. The Morgan fingerprint density at radius 3 is 2.42 bits per heavy atom. The van der Waals surface area contributed by atoms with Crippen LogP contribution in [0, 0.1) is 6.92 Å². The van der Waals surface area contributed by atoms with E-state index in [1.54, 1.807) is 44.7 Å². The lowest BCUT2D eigenvalue weighted by Gasteiger charge is -2.14. The fourth-order valence-electron chi connectivity index (χ4n) is 3.55. The first-order valence-corrected chi connectivity index (χ1v) is 10.4. The van der Waals surface area contributed by atoms with E-state index >= 15 is 0 Å². The number of aromatic nitrogens is 2. The van der Waals surface area contributed by atoms with Gasteiger partial charge in [0.2, 0.25) is 5.95 Å². The van der Waals surface area contributed by atoms with Crippen LogP contribution in [0.3, 0.4) is 0 Å². The summed E-state index contributed by atoms with van der Waals surface area (Å²) in [5, 5.41) is 10.8. The van der Waals surface area contributed by atoms with Crippen molar-refractivity contribution in [3.63, 3.8) is 0 Å². The zero-order valence-electron chi connectivity index (χ0n) is 18.7. The topological polar surface area (TPSA) is 99.7 Å². The van der Waals surface area contributed by atoms with Gasteiger partial charge in [0.15, 0.2) is 11.5 Å². The average Bonchev–Trinajstić information content (AvgIpc) is 2.83. The average molecular weight is 444 g/mol. The fourth-order valence-corrected chi connectivity index (χ4v) is 3.55. The summed E-state index contributed by atoms with van der Waals surface area (Å²) in [5.74, 6) is 1.86. The Morgan fingerprint density at radius 2 is 1.70 bits per heavy atom. The molecule has 168 valence electrons. The second-order valence-electron chi connectivity index (χ2n) is 7.45. The second kappa shape index (κ2) is 9.48. The molecule has 0 atom stereocenters. The summed E-state index contributed by atoms with van der Waals surface area (Å²) in [6.45, 7) is 2.44. The number of phenols is 1. The Bertz CT molecular complexity index is 1290. The van der Waals surface area contributed by atoms with Crippen molar-refractivity contribution in [2.24, 2.45) is 0 Å². The molecule has 3 aromatic carbocycles. The summed E-state index contributed by atoms with van der Waals surface area (Å²) in [4.78, 5) is 8.55. The molecule has 1 heterocycles. The van der Waals surface area contributed by atoms with Crippen LogP contribution in [0.5, 0.6) is 23.0 Å². The van der Waals surface area contributed by atoms with Gasteiger partial charge in [0.25, 0.3) is 0 Å². The maximum absolute atomic E-state index is 10.8. The van der Waals surface area contributed by atoms with E-state index in [9.17, 15) is 5.11 Å². The van der Waals surface area contributed by atoms with Crippen LogP contribution in [0.15, 0.2) is 66.9 Å². The SMILES string of the molecule is COc1ccc(-c2cnc(N)nc2-c2ccc(OCc3ccccc3C)cc2O)cc1OC. The fraction of sp³-hybridized carbons (Fsp3) is 0.154. The van der Waals surface area contributed by atoms with Gasteiger partial charge in [-0.05, 0) is 47.9 Å². The highest BCUT2D eigenvalue weighted by atomic mass is 16.5. The van der Waals surface area contributed by atoms with E-state index in [0.29, 0.717) is 40.7 Å². The zero-order valence-corrected chi connectivity index (χ0v) is 18.7. The van der Waals surface area contributed by atoms with Crippen molar-refractivity contribution in [1.29, 1.82) is 0 Å². The smallest absolute Gasteiger partial charge is 0.220 e. The third-order valence-electron chi connectivity index (χ3n) is 5.38. The second-order valence-corrected chi connectivity index (χ2v) is 7.45. The molecule has 0 bridgehead atoms. The maximum atomic E-state index is 10.8. The van der Waals surface area contributed by atoms with Crippen molar-refractivity contribution < 1.29 is 19.3 Å². The van der Waals surface area contributed by atoms with Crippen LogP contribution >= 0.6 is 0 Å². The van der Waals surface area contributed by atoms with Crippen LogP contribution < -0.4 is 19.9 Å². The predicted octanol–water partition coefficient (Wildman–Crippen LogP) is 5.00. The van der Waals surface area contributed by atoms with Crippen molar-refractivity contribution in [2.45, 2.75) is 13.5 Å². The van der Waals surface area contributed by atoms with Gasteiger partial charge in [0.1, 0.15) is 18.1 Å². The lowest BCUT2D eigenvalue weighted by atomic mass is 9.99. The molecule has 1 aromatic heterocycles. The number of ether oxygens (including phenoxy) is 3. The molecule has 0 saturated carbocycles. The van der Waals surface area contributed by atoms with Crippen molar-refractivity contribution in [2.75, 3.05) is 20.0 Å². The van der Waals surface area contributed by atoms with E-state index in [1.807, 2.05) is 43.3 Å². The van der Waals surface area contributed by atoms with Gasteiger partial charge in [0, 0.05) is 23.4 Å². The van der Waals surface area contributed by atoms with Crippen LogP contribution in [-0.4, -0.2) is 29.3 Å². The third-order valence-corrected chi connectivity index (χ3v) is 5.38. The van der Waals surface area contributed by atoms with E-state index in [2.05, 4.69) is 9.97 Å². The van der Waals surface area contributed by atoms with Crippen molar-refractivity contribution >= 4 is 5.95 Å². The summed E-state index contributed by atoms with van der Waals surface area (Å²) in [6, 6.07) is 18.6. The number of nitrogens with zero attached hydrogens (tertiary/aromatic N) is 2. The molecule has 0 unspecified atom stereocenters. The maximum Gasteiger partial charge on any atom is 0.220 e. The Balaban J connectivity index is 1.68. The van der Waals surface area contributed by atoms with Crippen molar-refractivity contribution in [3.05, 3.63) is 78.0 Å². The van der Waals surface area contributed by atoms with Crippen molar-refractivity contribution in [1.82, 2.24) is 9.97 Å². The molecule has 0 fully saturated rings. The van der Waals surface area contributed by atoms with E-state index < -0.39 is 0 Å². The zero-order chi connectivity index (χ0) is 23.4. The minimum atomic E-state index is 0.0251. The molecule has 0 saturated heterocycles. The Kier molecular flexibility index (Phi) is 6.31. The third kappa shape index (κ3) is 4.67. The van der Waals surface area contributed by atoms with Crippen molar-refractivity contribution in [3.8, 4) is 45.4 Å². The number of nitrogen functional groups attached to an aromatic ring is 1. The summed E-state index contributed by atoms with van der Waals surface area (Å²) >= 11 is 0. The lowest BCUT2D eigenvalue weighted by Crippen LogP contribution is -2.00. The van der Waals surface area contributed by atoms with Crippen LogP contribution in [0.25, 0.3) is 22.4 Å². The van der Waals surface area contributed by atoms with Gasteiger partial charge in [-0.25, -0.2) is 9.97 Å². The molecule has 7 nitrogen and oxygen atoms in total. The molecular formula is C26H25N3O4. The highest BCUT2D eigenvalue weighted by Gasteiger charge is 2.17. The number of phenolic OH excluding ortho intramolecular Hbond substituents is 1. The molecule has 0 spiro atoms. The van der Waals surface area contributed by atoms with Crippen LogP contribution in [0.4, 0.5) is 5.95 Å². The first kappa shape index (κ1) is 22.0. The number of methoxy groups -OCH3 is 2. The van der Waals surface area contributed by atoms with Gasteiger partial charge in [-0.15, -0.1) is 0 Å². The van der Waals surface area contributed by atoms with E-state index in [4.69, 9.17) is 19.9 Å². The molecule has 33 heavy (non-hydrogen) atoms. The molecule has 4 aromatic rings. The van der Waals surface area contributed by atoms with E-state index in [1.165, 1.54) is 0 Å². The minimum Gasteiger partial charge on any atom is -0.507 e. The first-order valence-electron chi connectivity index (χ1n) is 10.4. The summed E-state index contributed by atoms with van der Waals surface area (Å²) in [6.07, 6.45) is 1.63. The Labute approximate surface area is 192 Å². The summed E-state index contributed by atoms with van der Waals surface area (Å²) in [5.41, 5.74) is 10.6. The molecule has 0 amide bonds. The van der Waals surface area contributed by atoms with Gasteiger partial charge >= 0.3 is 0 Å². The number of anilines is 1. The van der Waals surface area contributed by atoms with Gasteiger partial charge in [-0.3, -0.25) is 0 Å². The Hall–Kier alpha value is -4.26. The van der Waals surface area contributed by atoms with Gasteiger partial charge < -0.3 is 25.1 Å². The van der Waals surface area contributed by atoms with E-state index in [-0.39, 0.29) is 11.7 Å². The number of hydrogen-bond acceptors (Lipinski definition) is 7. The molecule has 0 aliphatic rings. The monoisotopic (exact) mass is 443 g/mol. The standard InChI is InChI=1S/C26H25N3O4/c1-16-6-4-5-7-18(16)15-33-19-9-10-20(22(30)13-19)25-21(14-28-26(27)29-25)17-8-11-23(31-2)24(12-17)32-3/h4-14,30H,15H2,1-3H3,(H2,27,28,29). The lowest BCUT2D eigenvalue weighted by molar-refractivity contribution is 0.303. The molecular weight excluding hydrogens is 418 g/mol. The predicted molar refractivity (Wildman–Crippen MR) is 128 cm³/mol. The number of nitrogens with two attached hydrogens (primary N) is 1. The normalized spacial score (nSPS) is 10.6. The highest BCUT2D eigenvalue weighted by molar-refractivity contribution is 5.84. The molecule has 7 heteroatoms. The van der Waals surface area contributed by atoms with Gasteiger partial charge in [0.05, 0.1) is 19.9 Å². The molecule has 0 radical (unpaired) electrons. The summed E-state index contributed by atoms with van der Waals surface area (Å²) < 4.78 is 16.6. The number of aryl methyl sites for hydroxylation is 1. The molecule has 0 aliphatic heterocycles. The Morgan fingerprint density at radius 1 is 0.909 bits per heavy atom. The molecule has 0 aliphatic carbocycles. The van der Waals surface area contributed by atoms with Gasteiger partial charge in [-0.1, -0.05) is 30.3 Å². The van der Waals surface area contributed by atoms with Crippen LogP contribution in [0.2, 0.25) is 0 Å². The van der Waals surface area contributed by atoms with Crippen LogP contribution in [0.1, 0.15) is 11.1 Å². The molecule has 3 N–H and O–H groups in total. The minimum absolute atomic E-state index is 0.0251. The van der Waals surface area contributed by atoms with E-state index in [0.717, 1.165) is 16.7 Å². The molecule has 4 rings (SSSR count). The number of hydrogen-bond donors (Lipinski definition) is 2. The number of aromatic hydroxyl groups is 1. The largest absolute Gasteiger partial charge is 0.507 e. The number of rotatable bonds is 7. The van der Waals surface area contributed by atoms with Crippen LogP contribution in [-0.2, 0) is 6.61 Å².